The van der Waals surface area contributed by atoms with E-state index in [1.807, 2.05) is 37.3 Å². The molecule has 5 heteroatoms. The molecule has 0 bridgehead atoms. The summed E-state index contributed by atoms with van der Waals surface area (Å²) in [5.74, 6) is 0.0385. The second-order valence-electron chi connectivity index (χ2n) is 5.23. The minimum absolute atomic E-state index is 0.0385. The molecule has 0 unspecified atom stereocenters. The van der Waals surface area contributed by atoms with Gasteiger partial charge in [-0.1, -0.05) is 17.7 Å². The van der Waals surface area contributed by atoms with Crippen LogP contribution in [0.3, 0.4) is 0 Å². The van der Waals surface area contributed by atoms with Crippen molar-refractivity contribution in [1.29, 1.82) is 0 Å². The molecule has 0 saturated carbocycles. The van der Waals surface area contributed by atoms with Gasteiger partial charge in [-0.2, -0.15) is 0 Å². The van der Waals surface area contributed by atoms with E-state index in [2.05, 4.69) is 10.6 Å². The van der Waals surface area contributed by atoms with Gasteiger partial charge in [-0.15, -0.1) is 0 Å². The first-order valence-electron chi connectivity index (χ1n) is 6.78. The minimum Gasteiger partial charge on any atom is -0.397 e. The van der Waals surface area contributed by atoms with Crippen LogP contribution in [-0.2, 0) is 11.2 Å². The molecule has 3 rings (SSSR count). The van der Waals surface area contributed by atoms with Gasteiger partial charge in [0.15, 0.2) is 0 Å². The van der Waals surface area contributed by atoms with Crippen LogP contribution in [0.15, 0.2) is 30.3 Å². The van der Waals surface area contributed by atoms with E-state index in [9.17, 15) is 4.79 Å². The van der Waals surface area contributed by atoms with Crippen LogP contribution < -0.4 is 16.4 Å². The number of carbonyl (C=O) groups excluding carboxylic acids is 1. The molecule has 1 amide bonds. The monoisotopic (exact) mass is 301 g/mol. The quantitative estimate of drug-likeness (QED) is 0.738. The largest absolute Gasteiger partial charge is 0.397 e. The highest BCUT2D eigenvalue weighted by Gasteiger charge is 2.16. The van der Waals surface area contributed by atoms with Gasteiger partial charge in [0.25, 0.3) is 0 Å². The third-order valence-corrected chi connectivity index (χ3v) is 4.03. The van der Waals surface area contributed by atoms with Crippen LogP contribution in [-0.4, -0.2) is 5.91 Å². The van der Waals surface area contributed by atoms with Gasteiger partial charge >= 0.3 is 0 Å². The normalized spacial score (nSPS) is 13.5. The molecular formula is C16H16ClN3O. The van der Waals surface area contributed by atoms with Crippen molar-refractivity contribution in [1.82, 2.24) is 0 Å². The maximum atomic E-state index is 11.5. The van der Waals surface area contributed by atoms with Gasteiger partial charge < -0.3 is 16.4 Å². The third-order valence-electron chi connectivity index (χ3n) is 3.62. The lowest BCUT2D eigenvalue weighted by Gasteiger charge is -2.20. The number of hydrogen-bond acceptors (Lipinski definition) is 3. The second kappa shape index (κ2) is 5.30. The molecular weight excluding hydrogens is 286 g/mol. The number of halogens is 1. The van der Waals surface area contributed by atoms with Crippen molar-refractivity contribution < 1.29 is 4.79 Å². The van der Waals surface area contributed by atoms with Crippen molar-refractivity contribution in [3.05, 3.63) is 46.5 Å². The molecule has 0 spiro atoms. The molecule has 1 aliphatic rings. The Kier molecular flexibility index (Phi) is 3.47. The Bertz CT molecular complexity index is 728. The SMILES string of the molecule is Cc1ccc(Nc2cc3c(cc2N)CCC(=O)N3)cc1Cl. The molecule has 2 aromatic carbocycles. The number of amides is 1. The molecule has 0 saturated heterocycles. The van der Waals surface area contributed by atoms with E-state index in [1.165, 1.54) is 0 Å². The minimum atomic E-state index is 0.0385. The van der Waals surface area contributed by atoms with Crippen LogP contribution in [0.1, 0.15) is 17.5 Å². The first kappa shape index (κ1) is 13.8. The lowest BCUT2D eigenvalue weighted by Crippen LogP contribution is -2.19. The molecule has 0 radical (unpaired) electrons. The third kappa shape index (κ3) is 2.81. The number of hydrogen-bond donors (Lipinski definition) is 3. The average molecular weight is 302 g/mol. The zero-order chi connectivity index (χ0) is 15.0. The topological polar surface area (TPSA) is 67.1 Å². The zero-order valence-corrected chi connectivity index (χ0v) is 12.4. The summed E-state index contributed by atoms with van der Waals surface area (Å²) < 4.78 is 0. The molecule has 0 atom stereocenters. The van der Waals surface area contributed by atoms with E-state index in [0.717, 1.165) is 34.6 Å². The summed E-state index contributed by atoms with van der Waals surface area (Å²) in [5.41, 5.74) is 11.3. The van der Waals surface area contributed by atoms with Crippen LogP contribution in [0.2, 0.25) is 5.02 Å². The first-order chi connectivity index (χ1) is 10.0. The number of fused-ring (bicyclic) bond motifs is 1. The molecule has 1 heterocycles. The second-order valence-corrected chi connectivity index (χ2v) is 5.64. The highest BCUT2D eigenvalue weighted by molar-refractivity contribution is 6.31. The van der Waals surface area contributed by atoms with Crippen LogP contribution >= 0.6 is 11.6 Å². The number of nitrogens with one attached hydrogen (secondary N) is 2. The highest BCUT2D eigenvalue weighted by Crippen LogP contribution is 2.33. The maximum Gasteiger partial charge on any atom is 0.224 e. The Hall–Kier alpha value is -2.20. The summed E-state index contributed by atoms with van der Waals surface area (Å²) in [7, 11) is 0. The number of aryl methyl sites for hydroxylation is 2. The predicted molar refractivity (Wildman–Crippen MR) is 87.3 cm³/mol. The fourth-order valence-electron chi connectivity index (χ4n) is 2.38. The molecule has 0 fully saturated rings. The Balaban J connectivity index is 1.93. The van der Waals surface area contributed by atoms with Gasteiger partial charge in [0.2, 0.25) is 5.91 Å². The van der Waals surface area contributed by atoms with E-state index < -0.39 is 0 Å². The Morgan fingerprint density at radius 2 is 2.05 bits per heavy atom. The molecule has 4 nitrogen and oxygen atoms in total. The molecule has 21 heavy (non-hydrogen) atoms. The maximum absolute atomic E-state index is 11.5. The van der Waals surface area contributed by atoms with E-state index in [4.69, 9.17) is 17.3 Å². The van der Waals surface area contributed by atoms with Crippen LogP contribution in [0.25, 0.3) is 0 Å². The van der Waals surface area contributed by atoms with Gasteiger partial charge in [-0.05, 0) is 48.7 Å². The number of anilines is 4. The number of nitrogen functional groups attached to an aromatic ring is 1. The fraction of sp³-hybridized carbons (Fsp3) is 0.188. The van der Waals surface area contributed by atoms with Crippen LogP contribution in [0.4, 0.5) is 22.7 Å². The van der Waals surface area contributed by atoms with E-state index in [0.29, 0.717) is 17.1 Å². The van der Waals surface area contributed by atoms with Crippen LogP contribution in [0.5, 0.6) is 0 Å². The molecule has 0 aliphatic carbocycles. The van der Waals surface area contributed by atoms with Gasteiger partial charge in [0.1, 0.15) is 0 Å². The summed E-state index contributed by atoms with van der Waals surface area (Å²) >= 11 is 6.13. The van der Waals surface area contributed by atoms with Crippen molar-refractivity contribution in [2.75, 3.05) is 16.4 Å². The first-order valence-corrected chi connectivity index (χ1v) is 7.16. The molecule has 2 aromatic rings. The van der Waals surface area contributed by atoms with Crippen LogP contribution in [0, 0.1) is 6.92 Å². The Morgan fingerprint density at radius 1 is 1.24 bits per heavy atom. The summed E-state index contributed by atoms with van der Waals surface area (Å²) in [4.78, 5) is 11.5. The van der Waals surface area contributed by atoms with Gasteiger partial charge in [-0.25, -0.2) is 0 Å². The number of carbonyl (C=O) groups is 1. The lowest BCUT2D eigenvalue weighted by atomic mass is 10.0. The highest BCUT2D eigenvalue weighted by atomic mass is 35.5. The van der Waals surface area contributed by atoms with Gasteiger partial charge in [0, 0.05) is 22.8 Å². The summed E-state index contributed by atoms with van der Waals surface area (Å²) in [6.07, 6.45) is 1.23. The molecule has 4 N–H and O–H groups in total. The Labute approximate surface area is 128 Å². The van der Waals surface area contributed by atoms with Crippen molar-refractivity contribution in [2.24, 2.45) is 0 Å². The lowest BCUT2D eigenvalue weighted by molar-refractivity contribution is -0.116. The van der Waals surface area contributed by atoms with Crippen molar-refractivity contribution >= 4 is 40.3 Å². The van der Waals surface area contributed by atoms with Crippen molar-refractivity contribution in [3.8, 4) is 0 Å². The standard InChI is InChI=1S/C16H16ClN3O/c1-9-2-4-11(7-12(9)17)19-15-8-14-10(6-13(15)18)3-5-16(21)20-14/h2,4,6-8,19H,3,5,18H2,1H3,(H,20,21). The van der Waals surface area contributed by atoms with E-state index >= 15 is 0 Å². The van der Waals surface area contributed by atoms with Crippen molar-refractivity contribution in [3.63, 3.8) is 0 Å². The summed E-state index contributed by atoms with van der Waals surface area (Å²) in [6, 6.07) is 9.52. The van der Waals surface area contributed by atoms with E-state index in [1.54, 1.807) is 0 Å². The number of nitrogens with two attached hydrogens (primary N) is 1. The summed E-state index contributed by atoms with van der Waals surface area (Å²) in [6.45, 7) is 1.95. The number of rotatable bonds is 2. The van der Waals surface area contributed by atoms with Crippen molar-refractivity contribution in [2.45, 2.75) is 19.8 Å². The van der Waals surface area contributed by atoms with Gasteiger partial charge in [0.05, 0.1) is 11.4 Å². The molecule has 0 aromatic heterocycles. The smallest absolute Gasteiger partial charge is 0.224 e. The Morgan fingerprint density at radius 3 is 2.81 bits per heavy atom. The zero-order valence-electron chi connectivity index (χ0n) is 11.7. The average Bonchev–Trinajstić information content (AvgIpc) is 2.44. The molecule has 108 valence electrons. The number of benzene rings is 2. The fourth-order valence-corrected chi connectivity index (χ4v) is 2.56. The van der Waals surface area contributed by atoms with Gasteiger partial charge in [-0.3, -0.25) is 4.79 Å². The predicted octanol–water partition coefficient (Wildman–Crippen LogP) is 3.86. The molecule has 1 aliphatic heterocycles. The van der Waals surface area contributed by atoms with E-state index in [-0.39, 0.29) is 5.91 Å². The summed E-state index contributed by atoms with van der Waals surface area (Å²) in [5, 5.41) is 6.82.